The summed E-state index contributed by atoms with van der Waals surface area (Å²) in [6.07, 6.45) is 4.23. The van der Waals surface area contributed by atoms with Crippen molar-refractivity contribution in [2.24, 2.45) is 27.4 Å². The Morgan fingerprint density at radius 2 is 2.17 bits per heavy atom. The lowest BCUT2D eigenvalue weighted by Gasteiger charge is -2.31. The van der Waals surface area contributed by atoms with Crippen LogP contribution in [0, 0.1) is 5.92 Å². The highest BCUT2D eigenvalue weighted by Gasteiger charge is 2.30. The van der Waals surface area contributed by atoms with Gasteiger partial charge < -0.3 is 21.1 Å². The molecule has 8 nitrogen and oxygen atoms in total. The van der Waals surface area contributed by atoms with E-state index in [2.05, 4.69) is 25.6 Å². The summed E-state index contributed by atoms with van der Waals surface area (Å²) in [5.41, 5.74) is 13.0. The Kier molecular flexibility index (Phi) is 4.73. The normalized spacial score (nSPS) is 25.3. The van der Waals surface area contributed by atoms with Crippen LogP contribution in [-0.4, -0.2) is 42.4 Å². The molecule has 0 spiro atoms. The molecule has 0 aromatic carbocycles. The van der Waals surface area contributed by atoms with E-state index in [4.69, 9.17) is 16.2 Å². The number of pyridine rings is 1. The highest BCUT2D eigenvalue weighted by molar-refractivity contribution is 5.96. The number of rotatable bonds is 4. The molecule has 3 heterocycles. The van der Waals surface area contributed by atoms with E-state index in [1.165, 1.54) is 0 Å². The van der Waals surface area contributed by atoms with Crippen LogP contribution in [0.3, 0.4) is 0 Å². The number of hydrogen-bond acceptors (Lipinski definition) is 8. The van der Waals surface area contributed by atoms with Crippen molar-refractivity contribution in [3.8, 4) is 0 Å². The van der Waals surface area contributed by atoms with Gasteiger partial charge in [-0.2, -0.15) is 4.99 Å². The number of aliphatic imine (C=N–C) groups is 2. The molecule has 0 amide bonds. The third-order valence-electron chi connectivity index (χ3n) is 3.94. The number of aromatic nitrogens is 1. The van der Waals surface area contributed by atoms with Crippen molar-refractivity contribution in [3.63, 3.8) is 0 Å². The molecule has 1 aromatic heterocycles. The Bertz CT molecular complexity index is 583. The van der Waals surface area contributed by atoms with Crippen LogP contribution in [0.15, 0.2) is 34.4 Å². The van der Waals surface area contributed by atoms with E-state index in [1.807, 2.05) is 18.2 Å². The second kappa shape index (κ2) is 6.93. The van der Waals surface area contributed by atoms with E-state index in [-0.39, 0.29) is 5.96 Å². The molecule has 124 valence electrons. The maximum Gasteiger partial charge on any atom is 0.224 e. The van der Waals surface area contributed by atoms with Gasteiger partial charge in [-0.3, -0.25) is 10.7 Å². The van der Waals surface area contributed by atoms with Crippen molar-refractivity contribution in [3.05, 3.63) is 30.1 Å². The van der Waals surface area contributed by atoms with Crippen molar-refractivity contribution in [2.75, 3.05) is 19.8 Å². The second-order valence-corrected chi connectivity index (χ2v) is 5.92. The molecular weight excluding hydrogens is 294 g/mol. The zero-order valence-electron chi connectivity index (χ0n) is 13.0. The largest absolute Gasteiger partial charge is 0.381 e. The molecule has 2 aliphatic heterocycles. The Morgan fingerprint density at radius 3 is 2.91 bits per heavy atom. The first-order valence-electron chi connectivity index (χ1n) is 7.86. The maximum absolute atomic E-state index is 6.32. The van der Waals surface area contributed by atoms with Crippen LogP contribution in [0.25, 0.3) is 0 Å². The molecule has 1 unspecified atom stereocenters. The van der Waals surface area contributed by atoms with E-state index >= 15 is 0 Å². The van der Waals surface area contributed by atoms with Gasteiger partial charge in [0.15, 0.2) is 11.7 Å². The van der Waals surface area contributed by atoms with Crippen molar-refractivity contribution in [2.45, 2.75) is 25.0 Å². The third-order valence-corrected chi connectivity index (χ3v) is 3.94. The van der Waals surface area contributed by atoms with Gasteiger partial charge in [-0.25, -0.2) is 4.99 Å². The Hall–Kier alpha value is -2.19. The van der Waals surface area contributed by atoms with Gasteiger partial charge in [0.25, 0.3) is 0 Å². The first-order valence-corrected chi connectivity index (χ1v) is 7.86. The predicted molar refractivity (Wildman–Crippen MR) is 88.6 cm³/mol. The molecule has 0 bridgehead atoms. The molecule has 1 atom stereocenters. The molecular formula is C15H23N7O. The molecule has 1 aromatic rings. The van der Waals surface area contributed by atoms with Crippen molar-refractivity contribution >= 4 is 11.9 Å². The summed E-state index contributed by atoms with van der Waals surface area (Å²) in [5.74, 6) is 0.234. The molecule has 23 heavy (non-hydrogen) atoms. The SMILES string of the molecule is NC1=NC(NCC2CCOCC2)=NC(N)(Cc2ccccn2)N1. The maximum atomic E-state index is 6.32. The molecule has 1 fully saturated rings. The first-order chi connectivity index (χ1) is 11.1. The summed E-state index contributed by atoms with van der Waals surface area (Å²) in [6, 6.07) is 5.68. The number of nitrogens with zero attached hydrogens (tertiary/aromatic N) is 3. The van der Waals surface area contributed by atoms with Crippen LogP contribution in [0.1, 0.15) is 18.5 Å². The number of guanidine groups is 2. The molecule has 0 saturated carbocycles. The van der Waals surface area contributed by atoms with Crippen LogP contribution >= 0.6 is 0 Å². The summed E-state index contributed by atoms with van der Waals surface area (Å²) < 4.78 is 5.37. The lowest BCUT2D eigenvalue weighted by molar-refractivity contribution is 0.0675. The summed E-state index contributed by atoms with van der Waals surface area (Å²) >= 11 is 0. The van der Waals surface area contributed by atoms with Crippen molar-refractivity contribution in [1.82, 2.24) is 15.6 Å². The number of hydrogen-bond donors (Lipinski definition) is 4. The van der Waals surface area contributed by atoms with E-state index in [9.17, 15) is 0 Å². The fourth-order valence-corrected chi connectivity index (χ4v) is 2.73. The lowest BCUT2D eigenvalue weighted by atomic mass is 10.0. The Morgan fingerprint density at radius 1 is 1.35 bits per heavy atom. The average Bonchev–Trinajstić information content (AvgIpc) is 2.54. The molecule has 1 saturated heterocycles. The highest BCUT2D eigenvalue weighted by Crippen LogP contribution is 2.14. The minimum atomic E-state index is -1.04. The summed E-state index contributed by atoms with van der Waals surface area (Å²) in [5, 5.41) is 6.18. The smallest absolute Gasteiger partial charge is 0.224 e. The second-order valence-electron chi connectivity index (χ2n) is 5.92. The zero-order valence-corrected chi connectivity index (χ0v) is 13.0. The average molecular weight is 317 g/mol. The molecule has 3 rings (SSSR count). The lowest BCUT2D eigenvalue weighted by Crippen LogP contribution is -2.61. The number of nitrogens with two attached hydrogens (primary N) is 2. The minimum absolute atomic E-state index is 0.257. The van der Waals surface area contributed by atoms with E-state index < -0.39 is 5.79 Å². The van der Waals surface area contributed by atoms with E-state index in [0.29, 0.717) is 18.3 Å². The van der Waals surface area contributed by atoms with Crippen LogP contribution in [0.2, 0.25) is 0 Å². The highest BCUT2D eigenvalue weighted by atomic mass is 16.5. The van der Waals surface area contributed by atoms with Crippen molar-refractivity contribution in [1.29, 1.82) is 0 Å². The monoisotopic (exact) mass is 317 g/mol. The molecule has 8 heteroatoms. The standard InChI is InChI=1S/C15H23N7O/c16-13-20-14(19-10-11-4-7-23-8-5-11)22-15(17,21-13)9-12-3-1-2-6-18-12/h1-3,6,11H,4-5,7-10,17H2,(H4,16,19,20,21,22). The van der Waals surface area contributed by atoms with Crippen molar-refractivity contribution < 1.29 is 4.74 Å². The third kappa shape index (κ3) is 4.40. The molecule has 2 aliphatic rings. The van der Waals surface area contributed by atoms with Crippen LogP contribution in [-0.2, 0) is 11.2 Å². The fourth-order valence-electron chi connectivity index (χ4n) is 2.73. The van der Waals surface area contributed by atoms with Crippen LogP contribution < -0.4 is 22.1 Å². The Balaban J connectivity index is 1.65. The fraction of sp³-hybridized carbons (Fsp3) is 0.533. The van der Waals surface area contributed by atoms with Gasteiger partial charge in [0.1, 0.15) is 0 Å². The minimum Gasteiger partial charge on any atom is -0.381 e. The predicted octanol–water partition coefficient (Wildman–Crippen LogP) is -0.473. The first kappa shape index (κ1) is 15.7. The van der Waals surface area contributed by atoms with Gasteiger partial charge in [-0.1, -0.05) is 6.07 Å². The topological polar surface area (TPSA) is 123 Å². The van der Waals surface area contributed by atoms with Gasteiger partial charge in [0, 0.05) is 38.1 Å². The molecule has 0 aliphatic carbocycles. The summed E-state index contributed by atoms with van der Waals surface area (Å²) in [6.45, 7) is 2.41. The van der Waals surface area contributed by atoms with Gasteiger partial charge in [0.05, 0.1) is 0 Å². The van der Waals surface area contributed by atoms with E-state index in [0.717, 1.165) is 38.3 Å². The summed E-state index contributed by atoms with van der Waals surface area (Å²) in [7, 11) is 0. The summed E-state index contributed by atoms with van der Waals surface area (Å²) in [4.78, 5) is 13.0. The molecule has 6 N–H and O–H groups in total. The number of nitrogens with one attached hydrogen (secondary N) is 2. The van der Waals surface area contributed by atoms with Crippen LogP contribution in [0.4, 0.5) is 0 Å². The van der Waals surface area contributed by atoms with Gasteiger partial charge in [-0.15, -0.1) is 0 Å². The zero-order chi connectivity index (χ0) is 16.1. The molecule has 0 radical (unpaired) electrons. The van der Waals surface area contributed by atoms with Crippen LogP contribution in [0.5, 0.6) is 0 Å². The quantitative estimate of drug-likeness (QED) is 0.595. The van der Waals surface area contributed by atoms with Gasteiger partial charge in [-0.05, 0) is 30.9 Å². The van der Waals surface area contributed by atoms with E-state index in [1.54, 1.807) is 6.20 Å². The number of ether oxygens (including phenoxy) is 1. The van der Waals surface area contributed by atoms with Gasteiger partial charge in [0.2, 0.25) is 5.96 Å². The Labute approximate surface area is 135 Å². The van der Waals surface area contributed by atoms with Gasteiger partial charge >= 0.3 is 0 Å².